The average Bonchev–Trinajstić information content (AvgIpc) is 2.35. The summed E-state index contributed by atoms with van der Waals surface area (Å²) >= 11 is 0. The molecule has 2 nitrogen and oxygen atoms in total. The van der Waals surface area contributed by atoms with Gasteiger partial charge in [-0.1, -0.05) is 32.9 Å². The van der Waals surface area contributed by atoms with Crippen LogP contribution in [-0.2, 0) is 4.79 Å². The number of likely N-dealkylation sites (N-methyl/N-ethyl adjacent to an activating group) is 1. The molecule has 2 aliphatic rings. The van der Waals surface area contributed by atoms with E-state index < -0.39 is 0 Å². The van der Waals surface area contributed by atoms with E-state index in [0.717, 1.165) is 32.4 Å². The standard InChI is InChI=1S/C15H25NO/c1-4-16(5-2)13-8-6-7-12-11(3)9-10-14(17)15(12)13/h6,8,11-13,15H,4-5,7,9-10H2,1-3H3. The zero-order valence-corrected chi connectivity index (χ0v) is 11.4. The molecule has 0 aromatic heterocycles. The van der Waals surface area contributed by atoms with Crippen LogP contribution in [0, 0.1) is 17.8 Å². The summed E-state index contributed by atoms with van der Waals surface area (Å²) in [7, 11) is 0. The van der Waals surface area contributed by atoms with E-state index in [1.165, 1.54) is 0 Å². The van der Waals surface area contributed by atoms with Gasteiger partial charge in [-0.2, -0.15) is 0 Å². The third-order valence-electron chi connectivity index (χ3n) is 4.75. The highest BCUT2D eigenvalue weighted by atomic mass is 16.1. The van der Waals surface area contributed by atoms with Crippen LogP contribution in [0.2, 0.25) is 0 Å². The van der Waals surface area contributed by atoms with Crippen LogP contribution in [0.1, 0.15) is 40.0 Å². The molecule has 2 heteroatoms. The van der Waals surface area contributed by atoms with Gasteiger partial charge >= 0.3 is 0 Å². The topological polar surface area (TPSA) is 20.3 Å². The molecule has 0 heterocycles. The molecule has 0 N–H and O–H groups in total. The lowest BCUT2D eigenvalue weighted by Gasteiger charge is -2.44. The van der Waals surface area contributed by atoms with Gasteiger partial charge in [-0.05, 0) is 37.8 Å². The minimum atomic E-state index is 0.267. The number of allylic oxidation sites excluding steroid dienone is 1. The van der Waals surface area contributed by atoms with Crippen molar-refractivity contribution in [3.8, 4) is 0 Å². The van der Waals surface area contributed by atoms with Crippen molar-refractivity contribution >= 4 is 5.78 Å². The summed E-state index contributed by atoms with van der Waals surface area (Å²) < 4.78 is 0. The summed E-state index contributed by atoms with van der Waals surface area (Å²) in [6, 6.07) is 0.360. The van der Waals surface area contributed by atoms with Crippen molar-refractivity contribution in [2.24, 2.45) is 17.8 Å². The lowest BCUT2D eigenvalue weighted by molar-refractivity contribution is -0.131. The van der Waals surface area contributed by atoms with Crippen molar-refractivity contribution < 1.29 is 4.79 Å². The van der Waals surface area contributed by atoms with E-state index in [1.807, 2.05) is 0 Å². The summed E-state index contributed by atoms with van der Waals surface area (Å²) in [6.45, 7) is 8.78. The fourth-order valence-electron chi connectivity index (χ4n) is 3.65. The van der Waals surface area contributed by atoms with Crippen LogP contribution in [0.5, 0.6) is 0 Å². The van der Waals surface area contributed by atoms with Gasteiger partial charge < -0.3 is 0 Å². The van der Waals surface area contributed by atoms with Crippen LogP contribution in [0.3, 0.4) is 0 Å². The van der Waals surface area contributed by atoms with E-state index in [-0.39, 0.29) is 5.92 Å². The molecule has 0 spiro atoms. The molecule has 0 aromatic carbocycles. The van der Waals surface area contributed by atoms with Gasteiger partial charge in [-0.25, -0.2) is 0 Å². The van der Waals surface area contributed by atoms with Crippen LogP contribution >= 0.6 is 0 Å². The number of hydrogen-bond donors (Lipinski definition) is 0. The number of hydrogen-bond acceptors (Lipinski definition) is 2. The van der Waals surface area contributed by atoms with E-state index in [9.17, 15) is 4.79 Å². The fourth-order valence-corrected chi connectivity index (χ4v) is 3.65. The Labute approximate surface area is 105 Å². The molecule has 2 rings (SSSR count). The zero-order valence-electron chi connectivity index (χ0n) is 11.4. The molecule has 4 atom stereocenters. The molecule has 4 unspecified atom stereocenters. The van der Waals surface area contributed by atoms with Gasteiger partial charge in [-0.3, -0.25) is 9.69 Å². The molecule has 0 bridgehead atoms. The lowest BCUT2D eigenvalue weighted by Crippen LogP contribution is -2.50. The Hall–Kier alpha value is -0.630. The third-order valence-corrected chi connectivity index (χ3v) is 4.75. The molecule has 1 fully saturated rings. The quantitative estimate of drug-likeness (QED) is 0.701. The first-order valence-electron chi connectivity index (χ1n) is 7.12. The van der Waals surface area contributed by atoms with Crippen molar-refractivity contribution in [1.29, 1.82) is 0 Å². The smallest absolute Gasteiger partial charge is 0.138 e. The highest BCUT2D eigenvalue weighted by Crippen LogP contribution is 2.41. The maximum atomic E-state index is 12.3. The molecule has 0 saturated heterocycles. The molecule has 17 heavy (non-hydrogen) atoms. The monoisotopic (exact) mass is 235 g/mol. The summed E-state index contributed by atoms with van der Waals surface area (Å²) in [4.78, 5) is 14.7. The number of ketones is 1. The van der Waals surface area contributed by atoms with E-state index in [1.54, 1.807) is 0 Å². The van der Waals surface area contributed by atoms with Gasteiger partial charge in [-0.15, -0.1) is 0 Å². The highest BCUT2D eigenvalue weighted by Gasteiger charge is 2.42. The minimum Gasteiger partial charge on any atom is -0.299 e. The number of nitrogens with zero attached hydrogens (tertiary/aromatic N) is 1. The molecule has 0 aromatic rings. The van der Waals surface area contributed by atoms with Crippen LogP contribution < -0.4 is 0 Å². The first kappa shape index (κ1) is 12.8. The fraction of sp³-hybridized carbons (Fsp3) is 0.800. The summed E-state index contributed by atoms with van der Waals surface area (Å²) in [6.07, 6.45) is 7.59. The van der Waals surface area contributed by atoms with Crippen molar-refractivity contribution in [2.45, 2.75) is 46.1 Å². The average molecular weight is 235 g/mol. The number of Topliss-reactive ketones (excluding diaryl/α,β-unsaturated/α-hetero) is 1. The Morgan fingerprint density at radius 3 is 2.71 bits per heavy atom. The Kier molecular flexibility index (Phi) is 4.03. The van der Waals surface area contributed by atoms with E-state index in [4.69, 9.17) is 0 Å². The number of carbonyl (C=O) groups excluding carboxylic acids is 1. The molecular weight excluding hydrogens is 210 g/mol. The summed E-state index contributed by atoms with van der Waals surface area (Å²) in [5.41, 5.74) is 0. The van der Waals surface area contributed by atoms with Crippen molar-refractivity contribution in [1.82, 2.24) is 4.90 Å². The number of fused-ring (bicyclic) bond motifs is 1. The second-order valence-electron chi connectivity index (χ2n) is 5.55. The van der Waals surface area contributed by atoms with E-state index >= 15 is 0 Å². The first-order chi connectivity index (χ1) is 8.19. The predicted molar refractivity (Wildman–Crippen MR) is 70.9 cm³/mol. The minimum absolute atomic E-state index is 0.267. The molecule has 96 valence electrons. The Morgan fingerprint density at radius 2 is 2.06 bits per heavy atom. The van der Waals surface area contributed by atoms with Crippen LogP contribution in [0.4, 0.5) is 0 Å². The van der Waals surface area contributed by atoms with Crippen molar-refractivity contribution in [3.05, 3.63) is 12.2 Å². The molecule has 0 amide bonds. The van der Waals surface area contributed by atoms with Crippen LogP contribution in [0.25, 0.3) is 0 Å². The lowest BCUT2D eigenvalue weighted by atomic mass is 9.65. The second-order valence-corrected chi connectivity index (χ2v) is 5.55. The van der Waals surface area contributed by atoms with Gasteiger partial charge in [0, 0.05) is 18.4 Å². The SMILES string of the molecule is CCN(CC)C1C=CCC2C(C)CCC(=O)C21. The van der Waals surface area contributed by atoms with Gasteiger partial charge in [0.25, 0.3) is 0 Å². The Balaban J connectivity index is 2.24. The molecule has 2 aliphatic carbocycles. The molecule has 0 radical (unpaired) electrons. The van der Waals surface area contributed by atoms with Gasteiger partial charge in [0.2, 0.25) is 0 Å². The first-order valence-corrected chi connectivity index (χ1v) is 7.12. The molecule has 0 aliphatic heterocycles. The Morgan fingerprint density at radius 1 is 1.35 bits per heavy atom. The second kappa shape index (κ2) is 5.34. The largest absolute Gasteiger partial charge is 0.299 e. The van der Waals surface area contributed by atoms with Crippen molar-refractivity contribution in [3.63, 3.8) is 0 Å². The predicted octanol–water partition coefficient (Wildman–Crippen LogP) is 2.89. The maximum Gasteiger partial charge on any atom is 0.138 e. The van der Waals surface area contributed by atoms with Crippen LogP contribution in [-0.4, -0.2) is 29.8 Å². The zero-order chi connectivity index (χ0) is 12.4. The summed E-state index contributed by atoms with van der Waals surface area (Å²) in [5.74, 6) is 2.07. The maximum absolute atomic E-state index is 12.3. The Bertz CT molecular complexity index is 306. The highest BCUT2D eigenvalue weighted by molar-refractivity contribution is 5.83. The van der Waals surface area contributed by atoms with Crippen LogP contribution in [0.15, 0.2) is 12.2 Å². The number of carbonyl (C=O) groups is 1. The van der Waals surface area contributed by atoms with Gasteiger partial charge in [0.1, 0.15) is 5.78 Å². The van der Waals surface area contributed by atoms with Crippen molar-refractivity contribution in [2.75, 3.05) is 13.1 Å². The summed E-state index contributed by atoms with van der Waals surface area (Å²) in [5, 5.41) is 0. The molecular formula is C15H25NO. The van der Waals surface area contributed by atoms with Gasteiger partial charge in [0.05, 0.1) is 0 Å². The van der Waals surface area contributed by atoms with E-state index in [2.05, 4.69) is 37.8 Å². The third kappa shape index (κ3) is 2.33. The van der Waals surface area contributed by atoms with Gasteiger partial charge in [0.15, 0.2) is 0 Å². The number of rotatable bonds is 3. The normalized spacial score (nSPS) is 37.3. The molecule has 1 saturated carbocycles. The van der Waals surface area contributed by atoms with E-state index in [0.29, 0.717) is 23.7 Å².